The van der Waals surface area contributed by atoms with Crippen molar-refractivity contribution in [3.8, 4) is 23.0 Å². The first-order valence-corrected chi connectivity index (χ1v) is 28.5. The van der Waals surface area contributed by atoms with Crippen LogP contribution in [0.1, 0.15) is 58.9 Å². The number of methoxy groups -OCH3 is 3. The molecule has 6 aromatic rings. The second-order valence-electron chi connectivity index (χ2n) is 19.9. The summed E-state index contributed by atoms with van der Waals surface area (Å²) >= 11 is 6.46. The number of phenolic OH excluding ortho intramolecular Hbond substituents is 1. The van der Waals surface area contributed by atoms with E-state index in [1.807, 2.05) is 85.9 Å². The summed E-state index contributed by atoms with van der Waals surface area (Å²) in [6.07, 6.45) is 10.4. The summed E-state index contributed by atoms with van der Waals surface area (Å²) in [7, 11) is 4.15. The first-order chi connectivity index (χ1) is 39.7. The van der Waals surface area contributed by atoms with E-state index in [4.69, 9.17) is 23.9 Å². The molecule has 418 valence electrons. The number of alkyl halides is 2. The van der Waals surface area contributed by atoms with Crippen LogP contribution in [0.3, 0.4) is 0 Å². The lowest BCUT2D eigenvalue weighted by Gasteiger charge is -2.22. The smallest absolute Gasteiger partial charge is 0.330 e. The summed E-state index contributed by atoms with van der Waals surface area (Å²) in [5.41, 5.74) is 11.9. The number of phenols is 1. The molecule has 0 aromatic heterocycles. The molecule has 3 atom stereocenters. The van der Waals surface area contributed by atoms with Crippen molar-refractivity contribution in [2.75, 3.05) is 59.9 Å². The molecule has 17 nitrogen and oxygen atoms in total. The van der Waals surface area contributed by atoms with Gasteiger partial charge < -0.3 is 28.8 Å². The van der Waals surface area contributed by atoms with Gasteiger partial charge in [0, 0.05) is 102 Å². The normalized spacial score (nSPS) is 17.2. The number of carbonyl (C=O) groups is 5. The Balaban J connectivity index is 0.000000198. The topological polar surface area (TPSA) is 199 Å². The van der Waals surface area contributed by atoms with Gasteiger partial charge in [0.2, 0.25) is 0 Å². The van der Waals surface area contributed by atoms with Crippen molar-refractivity contribution in [1.29, 1.82) is 0 Å². The molecule has 0 saturated carbocycles. The fourth-order valence-electron chi connectivity index (χ4n) is 10.5. The van der Waals surface area contributed by atoms with Gasteiger partial charge in [0.05, 0.1) is 73.2 Å². The number of amides is 3. The van der Waals surface area contributed by atoms with Crippen LogP contribution < -0.4 is 28.9 Å². The molecule has 19 heteroatoms. The maximum Gasteiger partial charge on any atom is 0.330 e. The van der Waals surface area contributed by atoms with Crippen LogP contribution in [-0.2, 0) is 38.3 Å². The van der Waals surface area contributed by atoms with Crippen molar-refractivity contribution >= 4 is 114 Å². The molecule has 0 saturated heterocycles. The van der Waals surface area contributed by atoms with E-state index in [0.29, 0.717) is 85.6 Å². The summed E-state index contributed by atoms with van der Waals surface area (Å²) in [4.78, 5) is 82.6. The Morgan fingerprint density at radius 3 is 1.37 bits per heavy atom. The Morgan fingerprint density at radius 2 is 0.927 bits per heavy atom. The highest BCUT2D eigenvalue weighted by Gasteiger charge is 2.39. The summed E-state index contributed by atoms with van der Waals surface area (Å²) in [6.45, 7) is 3.57. The zero-order valence-corrected chi connectivity index (χ0v) is 48.6. The van der Waals surface area contributed by atoms with Gasteiger partial charge in [-0.05, 0) is 83.6 Å². The molecule has 82 heavy (non-hydrogen) atoms. The summed E-state index contributed by atoms with van der Waals surface area (Å²) in [5, 5.41) is 11.2. The van der Waals surface area contributed by atoms with E-state index in [-0.39, 0.29) is 60.8 Å². The van der Waals surface area contributed by atoms with Gasteiger partial charge in [0.25, 0.3) is 17.7 Å². The van der Waals surface area contributed by atoms with Crippen LogP contribution in [0.25, 0.3) is 0 Å². The standard InChI is InChI=1S/C40H34N4O7.C17H14N2O2.C6H8Br2O2/c1-23-12-29-31(41-19-27-14-25-8-4-6-10-33(25)43(27)39(29)46)17-35(23)50-21-24(13-38(45)49-3)22-51-37-18-32-30(16-36(37)48-2)40(47)44-28(20-42-32)15-26-9-5-7-11-34(26)44;1-10-6-13-14(8-16(10)20)18-9-12-7-11-4-2-3-5-15(11)19(12)17(13)21;1-10-6(9)2-5(3-7)4-8/h4-13,16-20,27-28H,14-15,21-22H2,1-3H3;2-6,8-9,12,20H,7H2,1H3;2H,3-4H2,1H3/b24-13+;;/t27-,28-;12-;/m00./s1. The first kappa shape index (κ1) is 56.6. The van der Waals surface area contributed by atoms with Crippen LogP contribution in [0, 0.1) is 13.8 Å². The quantitative estimate of drug-likeness (QED) is 0.0735. The van der Waals surface area contributed by atoms with Gasteiger partial charge in [-0.15, -0.1) is 0 Å². The van der Waals surface area contributed by atoms with E-state index in [1.54, 1.807) is 70.5 Å². The number of allylic oxidation sites excluding steroid dienone is 1. The highest BCUT2D eigenvalue weighted by molar-refractivity contribution is 9.10. The molecule has 1 N–H and O–H groups in total. The maximum absolute atomic E-state index is 13.8. The zero-order chi connectivity index (χ0) is 57.8. The van der Waals surface area contributed by atoms with Gasteiger partial charge in [-0.2, -0.15) is 0 Å². The number of esters is 2. The Labute approximate surface area is 490 Å². The lowest BCUT2D eigenvalue weighted by atomic mass is 10.1. The Bertz CT molecular complexity index is 3720. The Hall–Kier alpha value is -8.68. The molecular formula is C63H56Br2N6O11. The van der Waals surface area contributed by atoms with Crippen molar-refractivity contribution in [3.05, 3.63) is 177 Å². The monoisotopic (exact) mass is 1230 g/mol. The van der Waals surface area contributed by atoms with Gasteiger partial charge in [-0.25, -0.2) is 9.59 Å². The third-order valence-corrected chi connectivity index (χ3v) is 16.1. The molecule has 3 amide bonds. The summed E-state index contributed by atoms with van der Waals surface area (Å²) < 4.78 is 27.4. The highest BCUT2D eigenvalue weighted by Crippen LogP contribution is 2.43. The molecule has 12 rings (SSSR count). The molecule has 0 spiro atoms. The van der Waals surface area contributed by atoms with Crippen molar-refractivity contribution in [1.82, 2.24) is 0 Å². The van der Waals surface area contributed by atoms with Gasteiger partial charge in [-0.3, -0.25) is 44.1 Å². The highest BCUT2D eigenvalue weighted by atomic mass is 79.9. The number of nitrogens with zero attached hydrogens (tertiary/aromatic N) is 6. The SMILES string of the molecule is COC(=O)/C=C(\COc1cc2c(cc1C)C(=O)N1c3ccccc3C[C@H]1C=N2)COc1cc2c(cc1OC)C(=O)N1c3ccccc3C[C@H]1C=N2.COC(=O)C=C(CBr)CBr.Cc1cc2c(cc1O)N=C[C@@H]1Cc3ccccc3N1C2=O. The Kier molecular flexibility index (Phi) is 17.0. The largest absolute Gasteiger partial charge is 0.508 e. The number of anilines is 3. The van der Waals surface area contributed by atoms with Crippen LogP contribution in [0.2, 0.25) is 0 Å². The average Bonchev–Trinajstić information content (AvgIpc) is 2.88. The summed E-state index contributed by atoms with van der Waals surface area (Å²) in [6, 6.07) is 33.4. The number of aliphatic imine (C=N–C) groups is 3. The second-order valence-corrected chi connectivity index (χ2v) is 21.0. The minimum atomic E-state index is -0.572. The number of para-hydroxylation sites is 3. The fraction of sp³-hybridized carbons (Fsp3) is 0.238. The van der Waals surface area contributed by atoms with E-state index in [9.17, 15) is 29.1 Å². The van der Waals surface area contributed by atoms with Crippen molar-refractivity contribution in [2.45, 2.75) is 51.2 Å². The van der Waals surface area contributed by atoms with Gasteiger partial charge >= 0.3 is 11.9 Å². The maximum atomic E-state index is 13.8. The van der Waals surface area contributed by atoms with Gasteiger partial charge in [0.1, 0.15) is 24.7 Å². The molecule has 6 heterocycles. The van der Waals surface area contributed by atoms with Crippen LogP contribution in [-0.4, -0.2) is 117 Å². The van der Waals surface area contributed by atoms with Crippen molar-refractivity contribution in [3.63, 3.8) is 0 Å². The van der Waals surface area contributed by atoms with Crippen LogP contribution in [0.5, 0.6) is 23.0 Å². The van der Waals surface area contributed by atoms with Gasteiger partial charge in [-0.1, -0.05) is 86.5 Å². The predicted octanol–water partition coefficient (Wildman–Crippen LogP) is 11.0. The number of ether oxygens (including phenoxy) is 5. The van der Waals surface area contributed by atoms with Crippen LogP contribution >= 0.6 is 31.9 Å². The molecule has 6 aromatic carbocycles. The number of aromatic hydroxyl groups is 1. The molecule has 0 unspecified atom stereocenters. The van der Waals surface area contributed by atoms with Gasteiger partial charge in [0.15, 0.2) is 11.5 Å². The van der Waals surface area contributed by atoms with Crippen LogP contribution in [0.15, 0.2) is 147 Å². The number of hydrogen-bond acceptors (Lipinski definition) is 14. The number of benzene rings is 6. The number of carbonyl (C=O) groups excluding carboxylic acids is 5. The number of hydrogen-bond donors (Lipinski definition) is 1. The van der Waals surface area contributed by atoms with Crippen molar-refractivity contribution in [2.24, 2.45) is 15.0 Å². The number of halogens is 2. The molecule has 0 fully saturated rings. The zero-order valence-electron chi connectivity index (χ0n) is 45.4. The molecule has 6 aliphatic rings. The third kappa shape index (κ3) is 11.5. The van der Waals surface area contributed by atoms with Crippen LogP contribution in [0.4, 0.5) is 34.1 Å². The van der Waals surface area contributed by atoms with E-state index in [0.717, 1.165) is 45.7 Å². The number of aryl methyl sites for hydroxylation is 2. The van der Waals surface area contributed by atoms with E-state index in [2.05, 4.69) is 46.6 Å². The number of fused-ring (bicyclic) bond motifs is 12. The molecule has 6 aliphatic heterocycles. The molecule has 0 aliphatic carbocycles. The average molecular weight is 1230 g/mol. The molecule has 0 bridgehead atoms. The fourth-order valence-corrected chi connectivity index (χ4v) is 11.7. The molecule has 0 radical (unpaired) electrons. The molecular weight excluding hydrogens is 1180 g/mol. The lowest BCUT2D eigenvalue weighted by Crippen LogP contribution is -2.37. The number of rotatable bonds is 11. The van der Waals surface area contributed by atoms with E-state index in [1.165, 1.54) is 39.0 Å². The Morgan fingerprint density at radius 1 is 0.537 bits per heavy atom. The summed E-state index contributed by atoms with van der Waals surface area (Å²) in [5.74, 6) is 0.137. The predicted molar refractivity (Wildman–Crippen MR) is 322 cm³/mol. The minimum absolute atomic E-state index is 0.0194. The van der Waals surface area contributed by atoms with E-state index < -0.39 is 5.97 Å². The lowest BCUT2D eigenvalue weighted by molar-refractivity contribution is -0.135. The third-order valence-electron chi connectivity index (χ3n) is 14.6. The van der Waals surface area contributed by atoms with Crippen molar-refractivity contribution < 1.29 is 52.8 Å². The van der Waals surface area contributed by atoms with E-state index >= 15 is 0 Å². The first-order valence-electron chi connectivity index (χ1n) is 26.2. The minimum Gasteiger partial charge on any atom is -0.508 e. The second kappa shape index (κ2) is 24.6.